The number of hydrogen-bond acceptors (Lipinski definition) is 2. The number of carboxylic acid groups (broad SMARTS) is 2. The number of rotatable bonds is 18. The van der Waals surface area contributed by atoms with E-state index < -0.39 is 17.4 Å². The molecule has 0 spiro atoms. The van der Waals surface area contributed by atoms with E-state index in [-0.39, 0.29) is 5.41 Å². The van der Waals surface area contributed by atoms with Gasteiger partial charge in [0.1, 0.15) is 0 Å². The molecule has 0 bridgehead atoms. The Morgan fingerprint density at radius 1 is 0.567 bits per heavy atom. The Hall–Kier alpha value is -1.06. The first-order valence-electron chi connectivity index (χ1n) is 12.9. The van der Waals surface area contributed by atoms with Crippen LogP contribution in [0.2, 0.25) is 0 Å². The van der Waals surface area contributed by atoms with E-state index in [1.807, 2.05) is 0 Å². The zero-order valence-corrected chi connectivity index (χ0v) is 19.9. The molecule has 30 heavy (non-hydrogen) atoms. The van der Waals surface area contributed by atoms with Gasteiger partial charge in [-0.15, -0.1) is 0 Å². The van der Waals surface area contributed by atoms with Crippen LogP contribution in [0.5, 0.6) is 0 Å². The summed E-state index contributed by atoms with van der Waals surface area (Å²) in [5.74, 6) is -2.29. The average molecular weight is 425 g/mol. The molecule has 1 aliphatic rings. The van der Waals surface area contributed by atoms with Crippen molar-refractivity contribution in [2.24, 2.45) is 10.8 Å². The van der Waals surface area contributed by atoms with E-state index in [1.54, 1.807) is 0 Å². The zero-order chi connectivity index (χ0) is 22.3. The van der Waals surface area contributed by atoms with Crippen LogP contribution >= 0.6 is 0 Å². The fraction of sp³-hybridized carbons (Fsp3) is 0.923. The summed E-state index contributed by atoms with van der Waals surface area (Å²) in [4.78, 5) is 23.4. The second-order valence-corrected chi connectivity index (χ2v) is 9.94. The molecular formula is C26H48O4. The van der Waals surface area contributed by atoms with Crippen molar-refractivity contribution in [1.29, 1.82) is 0 Å². The zero-order valence-electron chi connectivity index (χ0n) is 19.9. The monoisotopic (exact) mass is 424 g/mol. The van der Waals surface area contributed by atoms with Gasteiger partial charge in [0, 0.05) is 0 Å². The lowest BCUT2D eigenvalue weighted by Crippen LogP contribution is -2.45. The predicted molar refractivity (Wildman–Crippen MR) is 124 cm³/mol. The Morgan fingerprint density at radius 3 is 1.23 bits per heavy atom. The molecule has 2 N–H and O–H groups in total. The van der Waals surface area contributed by atoms with E-state index in [0.717, 1.165) is 25.7 Å². The molecule has 0 aromatic carbocycles. The summed E-state index contributed by atoms with van der Waals surface area (Å²) < 4.78 is 0. The van der Waals surface area contributed by atoms with Crippen LogP contribution in [0.25, 0.3) is 0 Å². The molecule has 0 aromatic heterocycles. The minimum atomic E-state index is -1.55. The molecule has 1 saturated carbocycles. The van der Waals surface area contributed by atoms with Crippen molar-refractivity contribution in [3.8, 4) is 0 Å². The molecule has 1 fully saturated rings. The van der Waals surface area contributed by atoms with Crippen LogP contribution in [0.1, 0.15) is 142 Å². The van der Waals surface area contributed by atoms with Gasteiger partial charge < -0.3 is 10.2 Å². The van der Waals surface area contributed by atoms with Crippen LogP contribution in [0, 0.1) is 10.8 Å². The third kappa shape index (κ3) is 8.98. The average Bonchev–Trinajstić information content (AvgIpc) is 2.73. The van der Waals surface area contributed by atoms with Gasteiger partial charge in [-0.25, -0.2) is 0 Å². The lowest BCUT2D eigenvalue weighted by atomic mass is 9.60. The van der Waals surface area contributed by atoms with Gasteiger partial charge in [0.25, 0.3) is 0 Å². The van der Waals surface area contributed by atoms with Crippen LogP contribution in [0.15, 0.2) is 0 Å². The molecule has 4 heteroatoms. The van der Waals surface area contributed by atoms with E-state index in [4.69, 9.17) is 0 Å². The Kier molecular flexibility index (Phi) is 13.4. The summed E-state index contributed by atoms with van der Waals surface area (Å²) in [6, 6.07) is 0. The Balaban J connectivity index is 2.53. The quantitative estimate of drug-likeness (QED) is 0.173. The molecule has 0 unspecified atom stereocenters. The molecule has 176 valence electrons. The largest absolute Gasteiger partial charge is 0.480 e. The predicted octanol–water partition coefficient (Wildman–Crippen LogP) is 7.98. The molecule has 0 atom stereocenters. The van der Waals surface area contributed by atoms with Crippen molar-refractivity contribution in [2.45, 2.75) is 142 Å². The highest BCUT2D eigenvalue weighted by molar-refractivity contribution is 5.98. The van der Waals surface area contributed by atoms with Crippen molar-refractivity contribution >= 4 is 11.9 Å². The van der Waals surface area contributed by atoms with Crippen molar-refractivity contribution in [3.05, 3.63) is 0 Å². The maximum absolute atomic E-state index is 11.7. The van der Waals surface area contributed by atoms with Crippen LogP contribution in [0.4, 0.5) is 0 Å². The van der Waals surface area contributed by atoms with Gasteiger partial charge in [-0.05, 0) is 43.9 Å². The first kappa shape index (κ1) is 27.0. The lowest BCUT2D eigenvalue weighted by Gasteiger charge is -2.43. The fourth-order valence-corrected chi connectivity index (χ4v) is 5.27. The van der Waals surface area contributed by atoms with E-state index >= 15 is 0 Å². The number of hydrogen-bond donors (Lipinski definition) is 2. The minimum absolute atomic E-state index is 0.168. The molecular weight excluding hydrogens is 376 g/mol. The van der Waals surface area contributed by atoms with Crippen LogP contribution in [-0.2, 0) is 9.59 Å². The highest BCUT2D eigenvalue weighted by Crippen LogP contribution is 2.51. The molecule has 0 aromatic rings. The topological polar surface area (TPSA) is 74.6 Å². The van der Waals surface area contributed by atoms with Gasteiger partial charge in [0.2, 0.25) is 0 Å². The highest BCUT2D eigenvalue weighted by Gasteiger charge is 2.52. The summed E-state index contributed by atoms with van der Waals surface area (Å²) in [6.07, 6.45) is 22.4. The highest BCUT2D eigenvalue weighted by atomic mass is 16.4. The Labute approximate surface area is 185 Å². The number of carbonyl (C=O) groups is 2. The van der Waals surface area contributed by atoms with E-state index in [0.29, 0.717) is 12.8 Å². The fourth-order valence-electron chi connectivity index (χ4n) is 5.27. The maximum Gasteiger partial charge on any atom is 0.321 e. The first-order valence-corrected chi connectivity index (χ1v) is 12.9. The molecule has 0 amide bonds. The summed E-state index contributed by atoms with van der Waals surface area (Å²) in [7, 11) is 0. The van der Waals surface area contributed by atoms with Crippen molar-refractivity contribution in [2.75, 3.05) is 0 Å². The minimum Gasteiger partial charge on any atom is -0.480 e. The Bertz CT molecular complexity index is 441. The summed E-state index contributed by atoms with van der Waals surface area (Å²) >= 11 is 0. The van der Waals surface area contributed by atoms with Crippen LogP contribution in [0.3, 0.4) is 0 Å². The molecule has 0 saturated heterocycles. The van der Waals surface area contributed by atoms with Gasteiger partial charge >= 0.3 is 11.9 Å². The van der Waals surface area contributed by atoms with Gasteiger partial charge in [0.05, 0.1) is 0 Å². The standard InChI is InChI=1S/C26H48O4/c1-3-5-7-9-11-13-15-17-25(18-16-14-12-10-8-6-4-2)19-21-26(22-20-25,23(27)28)24(29)30/h3-22H2,1-2H3,(H,27,28)(H,29,30). The number of carboxylic acids is 2. The summed E-state index contributed by atoms with van der Waals surface area (Å²) in [5, 5.41) is 19.2. The SMILES string of the molecule is CCCCCCCCCC1(CCCCCCCCC)CCC(C(=O)O)(C(=O)O)CC1. The molecule has 0 aliphatic heterocycles. The molecule has 4 nitrogen and oxygen atoms in total. The van der Waals surface area contributed by atoms with Gasteiger partial charge in [-0.3, -0.25) is 9.59 Å². The van der Waals surface area contributed by atoms with Crippen molar-refractivity contribution in [3.63, 3.8) is 0 Å². The van der Waals surface area contributed by atoms with Crippen molar-refractivity contribution < 1.29 is 19.8 Å². The second-order valence-electron chi connectivity index (χ2n) is 9.94. The van der Waals surface area contributed by atoms with E-state index in [2.05, 4.69) is 13.8 Å². The number of unbranched alkanes of at least 4 members (excludes halogenated alkanes) is 12. The van der Waals surface area contributed by atoms with Gasteiger partial charge in [-0.2, -0.15) is 0 Å². The van der Waals surface area contributed by atoms with Gasteiger partial charge in [0.15, 0.2) is 5.41 Å². The maximum atomic E-state index is 11.7. The molecule has 1 rings (SSSR count). The first-order chi connectivity index (χ1) is 14.4. The summed E-state index contributed by atoms with van der Waals surface area (Å²) in [6.45, 7) is 4.48. The molecule has 0 radical (unpaired) electrons. The molecule has 1 aliphatic carbocycles. The summed E-state index contributed by atoms with van der Waals surface area (Å²) in [5.41, 5.74) is -1.38. The van der Waals surface area contributed by atoms with Crippen molar-refractivity contribution in [1.82, 2.24) is 0 Å². The van der Waals surface area contributed by atoms with E-state index in [1.165, 1.54) is 89.9 Å². The smallest absolute Gasteiger partial charge is 0.321 e. The van der Waals surface area contributed by atoms with Crippen LogP contribution in [-0.4, -0.2) is 22.2 Å². The lowest BCUT2D eigenvalue weighted by molar-refractivity contribution is -0.169. The second kappa shape index (κ2) is 14.9. The molecule has 0 heterocycles. The number of aliphatic carboxylic acids is 2. The Morgan fingerprint density at radius 2 is 0.900 bits per heavy atom. The third-order valence-corrected chi connectivity index (χ3v) is 7.60. The van der Waals surface area contributed by atoms with Gasteiger partial charge in [-0.1, -0.05) is 104 Å². The normalized spacial score (nSPS) is 17.7. The third-order valence-electron chi connectivity index (χ3n) is 7.60. The van der Waals surface area contributed by atoms with E-state index in [9.17, 15) is 19.8 Å². The van der Waals surface area contributed by atoms with Crippen LogP contribution < -0.4 is 0 Å².